The van der Waals surface area contributed by atoms with Gasteiger partial charge < -0.3 is 19.5 Å². The second kappa shape index (κ2) is 7.84. The van der Waals surface area contributed by atoms with E-state index in [0.717, 1.165) is 18.2 Å². The van der Waals surface area contributed by atoms with Crippen LogP contribution >= 0.6 is 23.8 Å². The van der Waals surface area contributed by atoms with Gasteiger partial charge in [0.05, 0.1) is 22.9 Å². The van der Waals surface area contributed by atoms with E-state index in [4.69, 9.17) is 38.0 Å². The molecule has 28 heavy (non-hydrogen) atoms. The molecular weight excluding hydrogens is 419 g/mol. The fourth-order valence-corrected chi connectivity index (χ4v) is 2.88. The number of hydrogen-bond acceptors (Lipinski definition) is 5. The Labute approximate surface area is 168 Å². The van der Waals surface area contributed by atoms with Crippen molar-refractivity contribution >= 4 is 40.5 Å². The molecule has 3 rings (SSSR count). The van der Waals surface area contributed by atoms with Crippen molar-refractivity contribution in [3.8, 4) is 17.2 Å². The molecule has 2 aromatic carbocycles. The maximum Gasteiger partial charge on any atom is 0.416 e. The molecule has 0 amide bonds. The van der Waals surface area contributed by atoms with Gasteiger partial charge in [-0.15, -0.1) is 0 Å². The van der Waals surface area contributed by atoms with Gasteiger partial charge in [-0.2, -0.15) is 13.2 Å². The van der Waals surface area contributed by atoms with E-state index < -0.39 is 23.8 Å². The van der Waals surface area contributed by atoms with Crippen LogP contribution in [0.15, 0.2) is 36.4 Å². The predicted octanol–water partition coefficient (Wildman–Crippen LogP) is 5.21. The number of fused-ring (bicyclic) bond motifs is 1. The second-order valence-corrected chi connectivity index (χ2v) is 6.49. The monoisotopic (exact) mass is 431 g/mol. The minimum Gasteiger partial charge on any atom is -0.469 e. The van der Waals surface area contributed by atoms with Crippen LogP contribution in [0.3, 0.4) is 0 Å². The lowest BCUT2D eigenvalue weighted by Gasteiger charge is -2.26. The van der Waals surface area contributed by atoms with E-state index in [1.54, 1.807) is 19.1 Å². The third-order valence-electron chi connectivity index (χ3n) is 3.68. The highest BCUT2D eigenvalue weighted by Crippen LogP contribution is 2.39. The van der Waals surface area contributed by atoms with Gasteiger partial charge in [-0.05, 0) is 37.3 Å². The number of anilines is 1. The van der Waals surface area contributed by atoms with Crippen LogP contribution in [-0.4, -0.2) is 23.7 Å². The molecule has 148 valence electrons. The summed E-state index contributed by atoms with van der Waals surface area (Å²) in [6.07, 6.45) is -5.61. The number of halogens is 4. The number of rotatable bonds is 4. The Balaban J connectivity index is 1.82. The molecule has 10 heteroatoms. The summed E-state index contributed by atoms with van der Waals surface area (Å²) >= 11 is 11.0. The van der Waals surface area contributed by atoms with E-state index >= 15 is 0 Å². The van der Waals surface area contributed by atoms with Gasteiger partial charge in [0, 0.05) is 6.07 Å². The minimum atomic E-state index is -4.51. The molecule has 0 saturated heterocycles. The van der Waals surface area contributed by atoms with E-state index in [2.05, 4.69) is 5.32 Å². The number of ether oxygens (including phenoxy) is 3. The van der Waals surface area contributed by atoms with Crippen molar-refractivity contribution in [1.29, 1.82) is 0 Å². The van der Waals surface area contributed by atoms with Gasteiger partial charge in [0.1, 0.15) is 22.2 Å². The largest absolute Gasteiger partial charge is 0.469 e. The fraction of sp³-hybridized carbons (Fsp3) is 0.222. The quantitative estimate of drug-likeness (QED) is 0.529. The zero-order valence-electron chi connectivity index (χ0n) is 14.3. The summed E-state index contributed by atoms with van der Waals surface area (Å²) in [6.45, 7) is 1.83. The number of nitrogens with one attached hydrogen (secondary N) is 1. The Morgan fingerprint density at radius 2 is 2.04 bits per heavy atom. The van der Waals surface area contributed by atoms with Crippen LogP contribution in [0, 0.1) is 0 Å². The summed E-state index contributed by atoms with van der Waals surface area (Å²) in [5.74, 6) is -0.0802. The maximum atomic E-state index is 12.7. The van der Waals surface area contributed by atoms with E-state index in [1.807, 2.05) is 0 Å². The molecule has 5 nitrogen and oxygen atoms in total. The van der Waals surface area contributed by atoms with Gasteiger partial charge >= 0.3 is 12.1 Å². The zero-order chi connectivity index (χ0) is 20.5. The van der Waals surface area contributed by atoms with Gasteiger partial charge in [0.2, 0.25) is 6.10 Å². The van der Waals surface area contributed by atoms with E-state index in [1.165, 1.54) is 6.07 Å². The van der Waals surface area contributed by atoms with Gasteiger partial charge in [0.15, 0.2) is 0 Å². The standard InChI is InChI=1S/C18H13ClF3NO4S/c1-2-25-17(24)15-16(28)23-12-5-4-10(8-14(12)27-15)26-13-6-3-9(7-11(13)19)18(20,21)22/h3-8,15H,2H2,1H3,(H,23,28). The molecule has 1 N–H and O–H groups in total. The number of alkyl halides is 3. The first-order valence-corrected chi connectivity index (χ1v) is 8.80. The molecule has 0 spiro atoms. The Hall–Kier alpha value is -2.52. The Morgan fingerprint density at radius 3 is 2.68 bits per heavy atom. The van der Waals surface area contributed by atoms with E-state index in [-0.39, 0.29) is 33.9 Å². The summed E-state index contributed by atoms with van der Waals surface area (Å²) in [5.41, 5.74) is -0.370. The molecule has 1 unspecified atom stereocenters. The number of hydrogen-bond donors (Lipinski definition) is 1. The predicted molar refractivity (Wildman–Crippen MR) is 100 cm³/mol. The van der Waals surface area contributed by atoms with Crippen molar-refractivity contribution in [2.24, 2.45) is 0 Å². The van der Waals surface area contributed by atoms with Gasteiger partial charge in [-0.3, -0.25) is 0 Å². The molecule has 0 saturated carbocycles. The third-order valence-corrected chi connectivity index (χ3v) is 4.29. The molecular formula is C18H13ClF3NO4S. The number of carbonyl (C=O) groups is 1. The lowest BCUT2D eigenvalue weighted by Crippen LogP contribution is -2.42. The minimum absolute atomic E-state index is 0.0378. The lowest BCUT2D eigenvalue weighted by atomic mass is 10.2. The molecule has 0 fully saturated rings. The molecule has 0 aromatic heterocycles. The summed E-state index contributed by atoms with van der Waals surface area (Å²) in [7, 11) is 0. The number of thiocarbonyl (C=S) groups is 1. The van der Waals surface area contributed by atoms with Crippen molar-refractivity contribution in [3.63, 3.8) is 0 Å². The molecule has 1 aliphatic heterocycles. The normalized spacial score (nSPS) is 15.9. The zero-order valence-corrected chi connectivity index (χ0v) is 15.9. The summed E-state index contributed by atoms with van der Waals surface area (Å²) in [6, 6.07) is 7.38. The van der Waals surface area contributed by atoms with Crippen LogP contribution in [-0.2, 0) is 15.7 Å². The molecule has 1 atom stereocenters. The van der Waals surface area contributed by atoms with Crippen molar-refractivity contribution in [2.45, 2.75) is 19.2 Å². The van der Waals surface area contributed by atoms with Crippen LogP contribution in [0.1, 0.15) is 12.5 Å². The highest BCUT2D eigenvalue weighted by molar-refractivity contribution is 7.80. The van der Waals surface area contributed by atoms with Crippen LogP contribution < -0.4 is 14.8 Å². The van der Waals surface area contributed by atoms with E-state index in [0.29, 0.717) is 5.69 Å². The van der Waals surface area contributed by atoms with Gasteiger partial charge in [0.25, 0.3) is 0 Å². The lowest BCUT2D eigenvalue weighted by molar-refractivity contribution is -0.148. The smallest absolute Gasteiger partial charge is 0.416 e. The molecule has 2 aromatic rings. The Morgan fingerprint density at radius 1 is 1.29 bits per heavy atom. The molecule has 1 heterocycles. The Bertz CT molecular complexity index is 936. The van der Waals surface area contributed by atoms with E-state index in [9.17, 15) is 18.0 Å². The average molecular weight is 432 g/mol. The van der Waals surface area contributed by atoms with Crippen LogP contribution in [0.25, 0.3) is 0 Å². The summed E-state index contributed by atoms with van der Waals surface area (Å²) < 4.78 is 54.3. The summed E-state index contributed by atoms with van der Waals surface area (Å²) in [5, 5.41) is 2.68. The molecule has 0 aliphatic carbocycles. The Kier molecular flexibility index (Phi) is 5.66. The average Bonchev–Trinajstić information content (AvgIpc) is 2.62. The highest BCUT2D eigenvalue weighted by Gasteiger charge is 2.33. The van der Waals surface area contributed by atoms with Gasteiger partial charge in [-0.1, -0.05) is 23.8 Å². The van der Waals surface area contributed by atoms with Crippen molar-refractivity contribution in [3.05, 3.63) is 47.0 Å². The third kappa shape index (κ3) is 4.31. The number of benzene rings is 2. The topological polar surface area (TPSA) is 56.8 Å². The maximum absolute atomic E-state index is 12.7. The van der Waals surface area contributed by atoms with Crippen molar-refractivity contribution in [1.82, 2.24) is 0 Å². The molecule has 0 bridgehead atoms. The number of carbonyl (C=O) groups excluding carboxylic acids is 1. The number of esters is 1. The van der Waals surface area contributed by atoms with Crippen LogP contribution in [0.5, 0.6) is 17.2 Å². The first-order chi connectivity index (χ1) is 13.2. The SMILES string of the molecule is CCOC(=O)C1Oc2cc(Oc3ccc(C(F)(F)F)cc3Cl)ccc2NC1=S. The highest BCUT2D eigenvalue weighted by atomic mass is 35.5. The molecule has 0 radical (unpaired) electrons. The van der Waals surface area contributed by atoms with Crippen LogP contribution in [0.4, 0.5) is 18.9 Å². The second-order valence-electron chi connectivity index (χ2n) is 5.64. The van der Waals surface area contributed by atoms with Gasteiger partial charge in [-0.25, -0.2) is 4.79 Å². The molecule has 1 aliphatic rings. The first-order valence-electron chi connectivity index (χ1n) is 8.02. The fourth-order valence-electron chi connectivity index (χ4n) is 2.41. The van der Waals surface area contributed by atoms with Crippen LogP contribution in [0.2, 0.25) is 5.02 Å². The first kappa shape index (κ1) is 20.2. The van der Waals surface area contributed by atoms with Crippen molar-refractivity contribution in [2.75, 3.05) is 11.9 Å². The van der Waals surface area contributed by atoms with Crippen molar-refractivity contribution < 1.29 is 32.2 Å². The summed E-state index contributed by atoms with van der Waals surface area (Å²) in [4.78, 5) is 12.1.